The van der Waals surface area contributed by atoms with E-state index in [9.17, 15) is 13.2 Å². The SMILES string of the molecule is COC(=O)C(=COS(C)(=O)=O)n1ccc2ccc(-c3nccc(-c4ccc(C)cc4)n3)cc21. The number of fused-ring (bicyclic) bond motifs is 1. The summed E-state index contributed by atoms with van der Waals surface area (Å²) in [6, 6.07) is 17.3. The van der Waals surface area contributed by atoms with Gasteiger partial charge in [0, 0.05) is 23.5 Å². The summed E-state index contributed by atoms with van der Waals surface area (Å²) >= 11 is 0. The molecule has 0 unspecified atom stereocenters. The summed E-state index contributed by atoms with van der Waals surface area (Å²) in [5.41, 5.74) is 4.18. The van der Waals surface area contributed by atoms with E-state index in [0.29, 0.717) is 11.3 Å². The maximum absolute atomic E-state index is 12.3. The fraction of sp³-hybridized carbons (Fsp3) is 0.125. The van der Waals surface area contributed by atoms with Crippen molar-refractivity contribution in [3.63, 3.8) is 0 Å². The van der Waals surface area contributed by atoms with Crippen LogP contribution in [0.2, 0.25) is 0 Å². The van der Waals surface area contributed by atoms with Crippen LogP contribution in [0.3, 0.4) is 0 Å². The summed E-state index contributed by atoms with van der Waals surface area (Å²) in [6.45, 7) is 2.03. The van der Waals surface area contributed by atoms with Crippen molar-refractivity contribution in [3.8, 4) is 22.6 Å². The van der Waals surface area contributed by atoms with Gasteiger partial charge in [0.2, 0.25) is 0 Å². The third kappa shape index (κ3) is 4.93. The van der Waals surface area contributed by atoms with E-state index in [1.165, 1.54) is 11.7 Å². The smallest absolute Gasteiger partial charge is 0.358 e. The van der Waals surface area contributed by atoms with Gasteiger partial charge in [0.15, 0.2) is 11.5 Å². The average Bonchev–Trinajstić information content (AvgIpc) is 3.22. The minimum absolute atomic E-state index is 0.0931. The van der Waals surface area contributed by atoms with E-state index in [-0.39, 0.29) is 5.70 Å². The zero-order valence-electron chi connectivity index (χ0n) is 18.2. The monoisotopic (exact) mass is 463 g/mol. The Balaban J connectivity index is 1.79. The molecule has 0 bridgehead atoms. The molecule has 4 rings (SSSR count). The molecule has 0 saturated carbocycles. The number of hydrogen-bond acceptors (Lipinski definition) is 7. The fourth-order valence-corrected chi connectivity index (χ4v) is 3.57. The summed E-state index contributed by atoms with van der Waals surface area (Å²) in [5, 5.41) is 0.822. The molecule has 0 radical (unpaired) electrons. The van der Waals surface area contributed by atoms with Gasteiger partial charge in [-0.1, -0.05) is 42.0 Å². The number of hydrogen-bond donors (Lipinski definition) is 0. The molecule has 0 spiro atoms. The molecule has 0 N–H and O–H groups in total. The highest BCUT2D eigenvalue weighted by atomic mass is 32.2. The van der Waals surface area contributed by atoms with Crippen molar-refractivity contribution >= 4 is 32.7 Å². The molecule has 0 amide bonds. The van der Waals surface area contributed by atoms with Crippen molar-refractivity contribution in [3.05, 3.63) is 78.8 Å². The second-order valence-electron chi connectivity index (χ2n) is 7.39. The highest BCUT2D eigenvalue weighted by molar-refractivity contribution is 7.86. The van der Waals surface area contributed by atoms with Crippen LogP contribution in [-0.4, -0.2) is 42.3 Å². The number of ether oxygens (including phenoxy) is 1. The Morgan fingerprint density at radius 3 is 2.45 bits per heavy atom. The molecule has 168 valence electrons. The van der Waals surface area contributed by atoms with E-state index in [1.807, 2.05) is 55.5 Å². The van der Waals surface area contributed by atoms with Gasteiger partial charge in [0.05, 0.1) is 24.6 Å². The summed E-state index contributed by atoms with van der Waals surface area (Å²) < 4.78 is 33.9. The summed E-state index contributed by atoms with van der Waals surface area (Å²) in [4.78, 5) is 21.4. The largest absolute Gasteiger partial charge is 0.464 e. The minimum Gasteiger partial charge on any atom is -0.464 e. The molecule has 4 aromatic rings. The molecule has 0 fully saturated rings. The number of rotatable bonds is 6. The highest BCUT2D eigenvalue weighted by Gasteiger charge is 2.17. The van der Waals surface area contributed by atoms with E-state index in [1.54, 1.807) is 18.5 Å². The Labute approximate surface area is 191 Å². The molecule has 9 heteroatoms. The first-order chi connectivity index (χ1) is 15.7. The lowest BCUT2D eigenvalue weighted by Crippen LogP contribution is -2.11. The zero-order valence-corrected chi connectivity index (χ0v) is 19.0. The van der Waals surface area contributed by atoms with Gasteiger partial charge in [0.25, 0.3) is 0 Å². The average molecular weight is 464 g/mol. The molecule has 8 nitrogen and oxygen atoms in total. The molecule has 0 atom stereocenters. The van der Waals surface area contributed by atoms with E-state index < -0.39 is 16.1 Å². The topological polar surface area (TPSA) is 100 Å². The van der Waals surface area contributed by atoms with Crippen LogP contribution in [0.5, 0.6) is 0 Å². The van der Waals surface area contributed by atoms with Crippen molar-refractivity contribution in [1.29, 1.82) is 0 Å². The van der Waals surface area contributed by atoms with Crippen LogP contribution < -0.4 is 0 Å². The second kappa shape index (κ2) is 8.87. The van der Waals surface area contributed by atoms with Gasteiger partial charge >= 0.3 is 16.1 Å². The first-order valence-corrected chi connectivity index (χ1v) is 11.8. The predicted octanol–water partition coefficient (Wildman–Crippen LogP) is 4.02. The number of aryl methyl sites for hydroxylation is 1. The second-order valence-corrected chi connectivity index (χ2v) is 8.99. The first kappa shape index (κ1) is 22.2. The molecule has 0 saturated heterocycles. The van der Waals surface area contributed by atoms with Crippen LogP contribution in [0.1, 0.15) is 5.56 Å². The molecule has 0 aliphatic carbocycles. The molecule has 2 aromatic heterocycles. The highest BCUT2D eigenvalue weighted by Crippen LogP contribution is 2.27. The summed E-state index contributed by atoms with van der Waals surface area (Å²) in [5.74, 6) is -0.238. The first-order valence-electron chi connectivity index (χ1n) is 9.94. The van der Waals surface area contributed by atoms with E-state index >= 15 is 0 Å². The Hall–Kier alpha value is -3.98. The van der Waals surface area contributed by atoms with Gasteiger partial charge in [0.1, 0.15) is 6.26 Å². The van der Waals surface area contributed by atoms with Crippen LogP contribution in [0.4, 0.5) is 0 Å². The Bertz CT molecular complexity index is 1470. The van der Waals surface area contributed by atoms with E-state index in [2.05, 4.69) is 4.98 Å². The van der Waals surface area contributed by atoms with Gasteiger partial charge in [-0.2, -0.15) is 8.42 Å². The minimum atomic E-state index is -3.81. The molecule has 0 aliphatic heterocycles. The van der Waals surface area contributed by atoms with Crippen molar-refractivity contribution in [1.82, 2.24) is 14.5 Å². The normalized spacial score (nSPS) is 12.0. The van der Waals surface area contributed by atoms with Crippen LogP contribution in [0.25, 0.3) is 39.2 Å². The molecular formula is C24H21N3O5S. The van der Waals surface area contributed by atoms with Crippen LogP contribution in [0, 0.1) is 6.92 Å². The van der Waals surface area contributed by atoms with Crippen molar-refractivity contribution in [2.24, 2.45) is 0 Å². The number of esters is 1. The molecular weight excluding hydrogens is 442 g/mol. The lowest BCUT2D eigenvalue weighted by Gasteiger charge is -2.10. The predicted molar refractivity (Wildman–Crippen MR) is 125 cm³/mol. The number of carbonyl (C=O) groups is 1. The van der Waals surface area contributed by atoms with Crippen molar-refractivity contribution in [2.75, 3.05) is 13.4 Å². The summed E-state index contributed by atoms with van der Waals surface area (Å²) in [6.07, 6.45) is 5.08. The van der Waals surface area contributed by atoms with Crippen LogP contribution in [0.15, 0.2) is 73.3 Å². The fourth-order valence-electron chi connectivity index (χ4n) is 3.30. The third-order valence-corrected chi connectivity index (χ3v) is 5.39. The van der Waals surface area contributed by atoms with Gasteiger partial charge in [-0.3, -0.25) is 0 Å². The molecule has 33 heavy (non-hydrogen) atoms. The quantitative estimate of drug-likeness (QED) is 0.184. The number of aromatic nitrogens is 3. The Morgan fingerprint density at radius 2 is 1.76 bits per heavy atom. The number of carbonyl (C=O) groups excluding carboxylic acids is 1. The molecule has 0 aliphatic rings. The zero-order chi connectivity index (χ0) is 23.6. The Kier molecular flexibility index (Phi) is 5.97. The standard InChI is InChI=1S/C24H21N3O5S/c1-16-4-6-17(7-5-16)20-10-12-25-23(26-20)19-9-8-18-11-13-27(21(18)14-19)22(24(28)31-2)15-32-33(3,29)30/h4-15H,1-3H3. The van der Waals surface area contributed by atoms with Crippen molar-refractivity contribution < 1.29 is 22.1 Å². The Morgan fingerprint density at radius 1 is 1.03 bits per heavy atom. The van der Waals surface area contributed by atoms with Gasteiger partial charge < -0.3 is 13.5 Å². The van der Waals surface area contributed by atoms with Crippen LogP contribution >= 0.6 is 0 Å². The van der Waals surface area contributed by atoms with E-state index in [0.717, 1.165) is 40.3 Å². The number of nitrogens with zero attached hydrogens (tertiary/aromatic N) is 3. The maximum Gasteiger partial charge on any atom is 0.358 e. The maximum atomic E-state index is 12.3. The summed E-state index contributed by atoms with van der Waals surface area (Å²) in [7, 11) is -2.60. The van der Waals surface area contributed by atoms with E-state index in [4.69, 9.17) is 13.9 Å². The lowest BCUT2D eigenvalue weighted by molar-refractivity contribution is -0.134. The van der Waals surface area contributed by atoms with Crippen molar-refractivity contribution in [2.45, 2.75) is 6.92 Å². The third-order valence-electron chi connectivity index (χ3n) is 4.94. The molecule has 2 aromatic carbocycles. The number of benzene rings is 2. The number of methoxy groups -OCH3 is 1. The van der Waals surface area contributed by atoms with Gasteiger partial charge in [-0.05, 0) is 30.5 Å². The van der Waals surface area contributed by atoms with Gasteiger partial charge in [-0.25, -0.2) is 14.8 Å². The van der Waals surface area contributed by atoms with Gasteiger partial charge in [-0.15, -0.1) is 0 Å². The lowest BCUT2D eigenvalue weighted by atomic mass is 10.1. The van der Waals surface area contributed by atoms with Crippen LogP contribution in [-0.2, 0) is 23.8 Å². The molecule has 2 heterocycles.